The van der Waals surface area contributed by atoms with E-state index in [1.54, 1.807) is 12.1 Å². The number of hydrogen-bond donors (Lipinski definition) is 0. The lowest BCUT2D eigenvalue weighted by Gasteiger charge is -2.11. The van der Waals surface area contributed by atoms with E-state index in [4.69, 9.17) is 16.6 Å². The molecular weight excluding hydrogens is 340 g/mol. The number of rotatable bonds is 3. The van der Waals surface area contributed by atoms with Crippen molar-refractivity contribution < 1.29 is 4.92 Å². The Bertz CT molecular complexity index is 996. The van der Waals surface area contributed by atoms with E-state index in [2.05, 4.69) is 4.98 Å². The third kappa shape index (κ3) is 2.70. The minimum Gasteiger partial charge on any atom is -0.301 e. The van der Waals surface area contributed by atoms with Crippen molar-refractivity contribution in [2.45, 2.75) is 12.4 Å². The van der Waals surface area contributed by atoms with Crippen LogP contribution < -0.4 is 0 Å². The summed E-state index contributed by atoms with van der Waals surface area (Å²) >= 11 is 5.90. The second kappa shape index (κ2) is 6.14. The van der Waals surface area contributed by atoms with Crippen molar-refractivity contribution in [2.75, 3.05) is 0 Å². The van der Waals surface area contributed by atoms with Crippen molar-refractivity contribution in [3.8, 4) is 5.69 Å². The Morgan fingerprint density at radius 2 is 2.00 bits per heavy atom. The Labute approximate surface area is 148 Å². The van der Waals surface area contributed by atoms with Crippen molar-refractivity contribution in [3.63, 3.8) is 0 Å². The summed E-state index contributed by atoms with van der Waals surface area (Å²) in [5, 5.41) is 11.2. The van der Waals surface area contributed by atoms with Crippen LogP contribution in [0.1, 0.15) is 22.6 Å². The zero-order valence-corrected chi connectivity index (χ0v) is 13.8. The van der Waals surface area contributed by atoms with Gasteiger partial charge in [-0.05, 0) is 6.07 Å². The number of alkyl halides is 1. The number of non-ortho nitro benzene ring substituents is 1. The summed E-state index contributed by atoms with van der Waals surface area (Å²) in [6.07, 6.45) is 1.86. The van der Waals surface area contributed by atoms with Crippen molar-refractivity contribution in [2.24, 2.45) is 4.99 Å². The highest BCUT2D eigenvalue weighted by molar-refractivity contribution is 6.17. The van der Waals surface area contributed by atoms with Crippen LogP contribution in [0.4, 0.5) is 5.69 Å². The molecule has 0 saturated carbocycles. The highest BCUT2D eigenvalue weighted by atomic mass is 35.5. The van der Waals surface area contributed by atoms with E-state index in [1.165, 1.54) is 6.07 Å². The van der Waals surface area contributed by atoms with Gasteiger partial charge in [-0.1, -0.05) is 30.3 Å². The van der Waals surface area contributed by atoms with E-state index >= 15 is 0 Å². The predicted octanol–water partition coefficient (Wildman–Crippen LogP) is 3.87. The fraction of sp³-hybridized carbons (Fsp3) is 0.111. The van der Waals surface area contributed by atoms with Crippen molar-refractivity contribution in [3.05, 3.63) is 87.5 Å². The molecule has 0 aliphatic carbocycles. The molecule has 2 heterocycles. The zero-order valence-electron chi connectivity index (χ0n) is 13.1. The summed E-state index contributed by atoms with van der Waals surface area (Å²) in [5.74, 6) is 1.06. The number of aliphatic imine (C=N–C) groups is 1. The molecule has 0 N–H and O–H groups in total. The summed E-state index contributed by atoms with van der Waals surface area (Å²) in [4.78, 5) is 20.0. The molecule has 1 aliphatic heterocycles. The van der Waals surface area contributed by atoms with E-state index in [0.29, 0.717) is 18.0 Å². The van der Waals surface area contributed by atoms with E-state index in [1.807, 2.05) is 41.1 Å². The molecular formula is C18H13ClN4O2. The summed E-state index contributed by atoms with van der Waals surface area (Å²) in [7, 11) is 0. The van der Waals surface area contributed by atoms with Crippen LogP contribution in [0.5, 0.6) is 0 Å². The van der Waals surface area contributed by atoms with Crippen LogP contribution in [0.15, 0.2) is 59.7 Å². The lowest BCUT2D eigenvalue weighted by Crippen LogP contribution is -2.07. The molecule has 25 heavy (non-hydrogen) atoms. The first kappa shape index (κ1) is 15.5. The maximum absolute atomic E-state index is 11.2. The molecule has 7 heteroatoms. The SMILES string of the molecule is O=[N+]([O-])c1ccc2c(c1)C(c1ccccc1)=NCc1nc(CCl)cn1-2. The maximum atomic E-state index is 11.2. The molecule has 3 aromatic rings. The van der Waals surface area contributed by atoms with Gasteiger partial charge in [-0.2, -0.15) is 0 Å². The number of nitro benzene ring substituents is 1. The van der Waals surface area contributed by atoms with Crippen LogP contribution in [-0.2, 0) is 12.4 Å². The van der Waals surface area contributed by atoms with E-state index < -0.39 is 4.92 Å². The van der Waals surface area contributed by atoms with E-state index in [0.717, 1.165) is 28.5 Å². The lowest BCUT2D eigenvalue weighted by atomic mass is 10.00. The number of imidazole rings is 1. The molecule has 0 bridgehead atoms. The van der Waals surface area contributed by atoms with Gasteiger partial charge in [0.2, 0.25) is 0 Å². The first-order chi connectivity index (χ1) is 12.2. The first-order valence-corrected chi connectivity index (χ1v) is 8.23. The average molecular weight is 353 g/mol. The number of halogens is 1. The van der Waals surface area contributed by atoms with Crippen LogP contribution in [-0.4, -0.2) is 20.2 Å². The molecule has 1 aliphatic rings. The number of benzene rings is 2. The van der Waals surface area contributed by atoms with Gasteiger partial charge in [0, 0.05) is 29.5 Å². The smallest absolute Gasteiger partial charge is 0.270 e. The van der Waals surface area contributed by atoms with Crippen LogP contribution in [0.25, 0.3) is 5.69 Å². The van der Waals surface area contributed by atoms with Gasteiger partial charge < -0.3 is 4.57 Å². The predicted molar refractivity (Wildman–Crippen MR) is 95.6 cm³/mol. The number of aromatic nitrogens is 2. The van der Waals surface area contributed by atoms with Gasteiger partial charge in [0.1, 0.15) is 5.82 Å². The van der Waals surface area contributed by atoms with Crippen molar-refractivity contribution in [1.29, 1.82) is 0 Å². The molecule has 0 amide bonds. The largest absolute Gasteiger partial charge is 0.301 e. The van der Waals surface area contributed by atoms with Crippen LogP contribution in [0.3, 0.4) is 0 Å². The fourth-order valence-electron chi connectivity index (χ4n) is 2.97. The second-order valence-electron chi connectivity index (χ2n) is 5.64. The Hall–Kier alpha value is -2.99. The van der Waals surface area contributed by atoms with E-state index in [9.17, 15) is 10.1 Å². The number of fused-ring (bicyclic) bond motifs is 3. The monoisotopic (exact) mass is 352 g/mol. The van der Waals surface area contributed by atoms with Gasteiger partial charge in [0.15, 0.2) is 0 Å². The molecule has 0 spiro atoms. The quantitative estimate of drug-likeness (QED) is 0.408. The Morgan fingerprint density at radius 3 is 2.72 bits per heavy atom. The van der Waals surface area contributed by atoms with Crippen LogP contribution >= 0.6 is 11.6 Å². The summed E-state index contributed by atoms with van der Waals surface area (Å²) in [6, 6.07) is 14.5. The average Bonchev–Trinajstić information content (AvgIpc) is 2.99. The molecule has 124 valence electrons. The molecule has 6 nitrogen and oxygen atoms in total. The standard InChI is InChI=1S/C18H13ClN4O2/c19-9-13-11-22-16-7-6-14(23(24)25)8-15(16)18(20-10-17(22)21-13)12-4-2-1-3-5-12/h1-8,11H,9-10H2. The number of nitro groups is 1. The van der Waals surface area contributed by atoms with Gasteiger partial charge in [-0.25, -0.2) is 4.98 Å². The Morgan fingerprint density at radius 1 is 1.20 bits per heavy atom. The molecule has 1 aromatic heterocycles. The summed E-state index contributed by atoms with van der Waals surface area (Å²) in [6.45, 7) is 0.379. The maximum Gasteiger partial charge on any atom is 0.270 e. The zero-order chi connectivity index (χ0) is 17.4. The highest BCUT2D eigenvalue weighted by Gasteiger charge is 2.22. The molecule has 0 radical (unpaired) electrons. The fourth-order valence-corrected chi connectivity index (χ4v) is 3.10. The normalized spacial score (nSPS) is 12.8. The molecule has 0 fully saturated rings. The van der Waals surface area contributed by atoms with Crippen molar-refractivity contribution in [1.82, 2.24) is 9.55 Å². The molecule has 0 atom stereocenters. The Kier molecular flexibility index (Phi) is 3.82. The van der Waals surface area contributed by atoms with Gasteiger partial charge in [-0.15, -0.1) is 11.6 Å². The lowest BCUT2D eigenvalue weighted by molar-refractivity contribution is -0.384. The highest BCUT2D eigenvalue weighted by Crippen LogP contribution is 2.28. The van der Waals surface area contributed by atoms with Gasteiger partial charge >= 0.3 is 0 Å². The summed E-state index contributed by atoms with van der Waals surface area (Å²) < 4.78 is 1.91. The van der Waals surface area contributed by atoms with Crippen LogP contribution in [0.2, 0.25) is 0 Å². The topological polar surface area (TPSA) is 73.3 Å². The molecule has 4 rings (SSSR count). The Balaban J connectivity index is 1.97. The third-order valence-electron chi connectivity index (χ3n) is 4.10. The van der Waals surface area contributed by atoms with Gasteiger partial charge in [-0.3, -0.25) is 15.1 Å². The third-order valence-corrected chi connectivity index (χ3v) is 4.37. The van der Waals surface area contributed by atoms with Gasteiger partial charge in [0.25, 0.3) is 5.69 Å². The van der Waals surface area contributed by atoms with Crippen molar-refractivity contribution >= 4 is 23.0 Å². The minimum atomic E-state index is -0.396. The van der Waals surface area contributed by atoms with Crippen LogP contribution in [0, 0.1) is 10.1 Å². The van der Waals surface area contributed by atoms with E-state index in [-0.39, 0.29) is 5.69 Å². The summed E-state index contributed by atoms with van der Waals surface area (Å²) in [5.41, 5.74) is 3.93. The minimum absolute atomic E-state index is 0.0310. The molecule has 0 saturated heterocycles. The van der Waals surface area contributed by atoms with Gasteiger partial charge in [0.05, 0.1) is 34.4 Å². The number of hydrogen-bond acceptors (Lipinski definition) is 4. The molecule has 2 aromatic carbocycles. The molecule has 0 unspecified atom stereocenters. The second-order valence-corrected chi connectivity index (χ2v) is 5.91. The first-order valence-electron chi connectivity index (χ1n) is 7.69. The number of nitrogens with zero attached hydrogens (tertiary/aromatic N) is 4.